The summed E-state index contributed by atoms with van der Waals surface area (Å²) in [6.45, 7) is 3.39. The Kier molecular flexibility index (Phi) is 7.97. The first-order chi connectivity index (χ1) is 15.7. The van der Waals surface area contributed by atoms with Crippen molar-refractivity contribution in [3.63, 3.8) is 0 Å². The van der Waals surface area contributed by atoms with E-state index in [1.165, 1.54) is 38.7 Å². The fourth-order valence-electron chi connectivity index (χ4n) is 3.69. The molecule has 0 aliphatic heterocycles. The van der Waals surface area contributed by atoms with E-state index in [0.29, 0.717) is 5.69 Å². The van der Waals surface area contributed by atoms with Gasteiger partial charge >= 0.3 is 5.97 Å². The lowest BCUT2D eigenvalue weighted by molar-refractivity contribution is -0.130. The van der Waals surface area contributed by atoms with Crippen LogP contribution in [0.3, 0.4) is 0 Å². The maximum atomic E-state index is 13.0. The second-order valence-corrected chi connectivity index (χ2v) is 9.88. The quantitative estimate of drug-likeness (QED) is 0.563. The standard InChI is InChI=1S/C24H30N2O6S/c1-16-9-12-20(13-10-16)26-33(29,30)22-15-18(11-14-21(22)31-3)24(28)32-17(2)23(27)25-19-7-5-4-6-8-19/h9-15,17,19,26H,4-8H2,1-3H3,(H,25,27). The molecule has 9 heteroatoms. The Labute approximate surface area is 194 Å². The van der Waals surface area contributed by atoms with Crippen LogP contribution < -0.4 is 14.8 Å². The molecule has 2 aromatic rings. The third-order valence-corrected chi connectivity index (χ3v) is 7.00. The minimum absolute atomic E-state index is 0.00241. The van der Waals surface area contributed by atoms with Crippen LogP contribution in [0.15, 0.2) is 47.4 Å². The molecule has 1 saturated carbocycles. The van der Waals surface area contributed by atoms with Crippen LogP contribution in [-0.4, -0.2) is 39.5 Å². The number of esters is 1. The van der Waals surface area contributed by atoms with Crippen molar-refractivity contribution in [2.75, 3.05) is 11.8 Å². The number of sulfonamides is 1. The molecular weight excluding hydrogens is 444 g/mol. The molecule has 0 bridgehead atoms. The summed E-state index contributed by atoms with van der Waals surface area (Å²) in [5, 5.41) is 2.92. The Morgan fingerprint density at radius 1 is 1.03 bits per heavy atom. The number of nitrogens with one attached hydrogen (secondary N) is 2. The van der Waals surface area contributed by atoms with Crippen LogP contribution in [0, 0.1) is 6.92 Å². The molecule has 178 valence electrons. The number of methoxy groups -OCH3 is 1. The average molecular weight is 475 g/mol. The van der Waals surface area contributed by atoms with Gasteiger partial charge in [0.15, 0.2) is 6.10 Å². The van der Waals surface area contributed by atoms with Gasteiger partial charge in [-0.15, -0.1) is 0 Å². The van der Waals surface area contributed by atoms with Crippen molar-refractivity contribution in [3.05, 3.63) is 53.6 Å². The van der Waals surface area contributed by atoms with Crippen LogP contribution in [0.4, 0.5) is 5.69 Å². The van der Waals surface area contributed by atoms with E-state index in [-0.39, 0.29) is 28.2 Å². The number of carbonyl (C=O) groups is 2. The Morgan fingerprint density at radius 2 is 1.70 bits per heavy atom. The van der Waals surface area contributed by atoms with E-state index in [1.807, 2.05) is 6.92 Å². The van der Waals surface area contributed by atoms with Crippen LogP contribution >= 0.6 is 0 Å². The van der Waals surface area contributed by atoms with Crippen LogP contribution in [0.25, 0.3) is 0 Å². The summed E-state index contributed by atoms with van der Waals surface area (Å²) in [5.74, 6) is -1.08. The van der Waals surface area contributed by atoms with E-state index in [9.17, 15) is 18.0 Å². The molecule has 8 nitrogen and oxygen atoms in total. The zero-order chi connectivity index (χ0) is 24.0. The molecule has 1 amide bonds. The Morgan fingerprint density at radius 3 is 2.33 bits per heavy atom. The van der Waals surface area contributed by atoms with E-state index in [2.05, 4.69) is 10.0 Å². The van der Waals surface area contributed by atoms with Crippen molar-refractivity contribution in [1.29, 1.82) is 0 Å². The van der Waals surface area contributed by atoms with Gasteiger partial charge < -0.3 is 14.8 Å². The molecule has 2 N–H and O–H groups in total. The maximum Gasteiger partial charge on any atom is 0.338 e. The zero-order valence-corrected chi connectivity index (χ0v) is 19.9. The molecule has 0 saturated heterocycles. The number of hydrogen-bond donors (Lipinski definition) is 2. The molecule has 1 fully saturated rings. The summed E-state index contributed by atoms with van der Waals surface area (Å²) in [5.41, 5.74) is 1.36. The first kappa shape index (κ1) is 24.6. The van der Waals surface area contributed by atoms with Crippen LogP contribution in [0.1, 0.15) is 54.9 Å². The summed E-state index contributed by atoms with van der Waals surface area (Å²) >= 11 is 0. The predicted octanol–water partition coefficient (Wildman–Crippen LogP) is 3.80. The van der Waals surface area contributed by atoms with E-state index in [1.54, 1.807) is 24.3 Å². The van der Waals surface area contributed by atoms with Gasteiger partial charge in [-0.3, -0.25) is 9.52 Å². The molecule has 1 atom stereocenters. The monoisotopic (exact) mass is 474 g/mol. The number of anilines is 1. The van der Waals surface area contributed by atoms with Crippen LogP contribution in [-0.2, 0) is 19.6 Å². The first-order valence-electron chi connectivity index (χ1n) is 11.0. The average Bonchev–Trinajstić information content (AvgIpc) is 2.80. The number of carbonyl (C=O) groups excluding carboxylic acids is 2. The van der Waals surface area contributed by atoms with Gasteiger partial charge in [0, 0.05) is 11.7 Å². The summed E-state index contributed by atoms with van der Waals surface area (Å²) in [6.07, 6.45) is 4.13. The van der Waals surface area contributed by atoms with Crippen molar-refractivity contribution in [2.45, 2.75) is 63.0 Å². The number of aryl methyl sites for hydroxylation is 1. The summed E-state index contributed by atoms with van der Waals surface area (Å²) in [4.78, 5) is 24.9. The summed E-state index contributed by atoms with van der Waals surface area (Å²) in [7, 11) is -2.71. The summed E-state index contributed by atoms with van der Waals surface area (Å²) in [6, 6.07) is 10.9. The fraction of sp³-hybridized carbons (Fsp3) is 0.417. The maximum absolute atomic E-state index is 13.0. The number of ether oxygens (including phenoxy) is 2. The summed E-state index contributed by atoms with van der Waals surface area (Å²) < 4.78 is 39.0. The van der Waals surface area contributed by atoms with Crippen molar-refractivity contribution in [2.24, 2.45) is 0 Å². The van der Waals surface area contributed by atoms with Gasteiger partial charge in [0.25, 0.3) is 15.9 Å². The highest BCUT2D eigenvalue weighted by Gasteiger charge is 2.26. The van der Waals surface area contributed by atoms with Gasteiger partial charge in [0.05, 0.1) is 12.7 Å². The van der Waals surface area contributed by atoms with Crippen LogP contribution in [0.5, 0.6) is 5.75 Å². The molecule has 0 aromatic heterocycles. The normalized spacial score (nSPS) is 15.4. The van der Waals surface area contributed by atoms with Gasteiger partial charge in [-0.25, -0.2) is 13.2 Å². The molecule has 3 rings (SSSR count). The van der Waals surface area contributed by atoms with Gasteiger partial charge in [0.1, 0.15) is 10.6 Å². The second kappa shape index (κ2) is 10.7. The molecule has 0 radical (unpaired) electrons. The molecule has 1 unspecified atom stereocenters. The third kappa shape index (κ3) is 6.47. The number of amides is 1. The molecule has 33 heavy (non-hydrogen) atoms. The molecule has 2 aromatic carbocycles. The van der Waals surface area contributed by atoms with Crippen LogP contribution in [0.2, 0.25) is 0 Å². The van der Waals surface area contributed by atoms with Gasteiger partial charge in [-0.05, 0) is 57.0 Å². The fourth-order valence-corrected chi connectivity index (χ4v) is 4.95. The van der Waals surface area contributed by atoms with Gasteiger partial charge in [-0.2, -0.15) is 0 Å². The Balaban J connectivity index is 1.74. The Hall–Kier alpha value is -3.07. The third-order valence-electron chi connectivity index (χ3n) is 5.60. The molecule has 0 heterocycles. The number of rotatable bonds is 8. The molecule has 1 aliphatic rings. The largest absolute Gasteiger partial charge is 0.495 e. The number of hydrogen-bond acceptors (Lipinski definition) is 6. The topological polar surface area (TPSA) is 111 Å². The van der Waals surface area contributed by atoms with Crippen molar-refractivity contribution < 1.29 is 27.5 Å². The van der Waals surface area contributed by atoms with Gasteiger partial charge in [0.2, 0.25) is 0 Å². The van der Waals surface area contributed by atoms with Crippen molar-refractivity contribution in [1.82, 2.24) is 5.32 Å². The highest BCUT2D eigenvalue weighted by atomic mass is 32.2. The van der Waals surface area contributed by atoms with Gasteiger partial charge in [-0.1, -0.05) is 37.0 Å². The minimum Gasteiger partial charge on any atom is -0.495 e. The highest BCUT2D eigenvalue weighted by molar-refractivity contribution is 7.92. The first-order valence-corrected chi connectivity index (χ1v) is 12.5. The molecule has 1 aliphatic carbocycles. The predicted molar refractivity (Wildman–Crippen MR) is 125 cm³/mol. The zero-order valence-electron chi connectivity index (χ0n) is 19.1. The lowest BCUT2D eigenvalue weighted by atomic mass is 9.95. The lowest BCUT2D eigenvalue weighted by Gasteiger charge is -2.24. The number of benzene rings is 2. The smallest absolute Gasteiger partial charge is 0.338 e. The molecular formula is C24H30N2O6S. The van der Waals surface area contributed by atoms with E-state index in [0.717, 1.165) is 31.2 Å². The second-order valence-electron chi connectivity index (χ2n) is 8.23. The minimum atomic E-state index is -4.05. The van der Waals surface area contributed by atoms with Crippen molar-refractivity contribution >= 4 is 27.6 Å². The van der Waals surface area contributed by atoms with E-state index < -0.39 is 22.1 Å². The lowest BCUT2D eigenvalue weighted by Crippen LogP contribution is -2.42. The van der Waals surface area contributed by atoms with Crippen molar-refractivity contribution in [3.8, 4) is 5.75 Å². The SMILES string of the molecule is COc1ccc(C(=O)OC(C)C(=O)NC2CCCCC2)cc1S(=O)(=O)Nc1ccc(C)cc1. The highest BCUT2D eigenvalue weighted by Crippen LogP contribution is 2.27. The Bertz CT molecular complexity index is 1090. The molecule has 0 spiro atoms. The van der Waals surface area contributed by atoms with E-state index >= 15 is 0 Å². The van der Waals surface area contributed by atoms with E-state index in [4.69, 9.17) is 9.47 Å².